The second kappa shape index (κ2) is 6.47. The van der Waals surface area contributed by atoms with E-state index in [0.29, 0.717) is 5.75 Å². The highest BCUT2D eigenvalue weighted by Gasteiger charge is 2.34. The highest BCUT2D eigenvalue weighted by molar-refractivity contribution is 6.65. The summed E-state index contributed by atoms with van der Waals surface area (Å²) in [6.07, 6.45) is 0. The van der Waals surface area contributed by atoms with Crippen molar-refractivity contribution in [2.45, 2.75) is 13.8 Å². The van der Waals surface area contributed by atoms with Crippen LogP contribution in [0.1, 0.15) is 22.8 Å². The molecule has 1 aromatic carbocycles. The van der Waals surface area contributed by atoms with E-state index < -0.39 is 17.5 Å². The van der Waals surface area contributed by atoms with E-state index in [9.17, 15) is 9.59 Å². The van der Waals surface area contributed by atoms with Crippen LogP contribution in [0.25, 0.3) is 5.53 Å². The number of rotatable bonds is 5. The van der Waals surface area contributed by atoms with Crippen molar-refractivity contribution in [2.75, 3.05) is 13.7 Å². The molecule has 0 bridgehead atoms. The highest BCUT2D eigenvalue weighted by atomic mass is 16.5. The quantitative estimate of drug-likeness (QED) is 0.200. The molecule has 19 heavy (non-hydrogen) atoms. The molecule has 0 N–H and O–H groups in total. The van der Waals surface area contributed by atoms with Crippen LogP contribution in [0.3, 0.4) is 0 Å². The van der Waals surface area contributed by atoms with Crippen molar-refractivity contribution in [3.63, 3.8) is 0 Å². The van der Waals surface area contributed by atoms with Gasteiger partial charge in [-0.3, -0.25) is 4.79 Å². The van der Waals surface area contributed by atoms with Crippen molar-refractivity contribution in [1.29, 1.82) is 0 Å². The molecule has 0 spiro atoms. The topological polar surface area (TPSA) is 89.0 Å². The Morgan fingerprint density at radius 3 is 2.58 bits per heavy atom. The summed E-state index contributed by atoms with van der Waals surface area (Å²) in [6, 6.07) is 4.91. The number of aryl methyl sites for hydroxylation is 1. The molecule has 0 aliphatic carbocycles. The molecule has 0 saturated heterocycles. The molecule has 0 atom stereocenters. The molecule has 0 fully saturated rings. The number of carbonyl (C=O) groups is 2. The number of ketones is 1. The number of ether oxygens (including phenoxy) is 2. The fraction of sp³-hybridized carbons (Fsp3) is 0.308. The van der Waals surface area contributed by atoms with Crippen LogP contribution in [-0.2, 0) is 9.53 Å². The number of benzene rings is 1. The summed E-state index contributed by atoms with van der Waals surface area (Å²) in [5.74, 6) is -1.43. The predicted octanol–water partition coefficient (Wildman–Crippen LogP) is 1.42. The number of Topliss-reactive ketones (excluding diaryl/α,β-unsaturated/α-hetero) is 1. The fourth-order valence-electron chi connectivity index (χ4n) is 1.51. The maximum absolute atomic E-state index is 12.2. The number of hydrogen-bond acceptors (Lipinski definition) is 4. The van der Waals surface area contributed by atoms with E-state index in [1.165, 1.54) is 7.11 Å². The minimum atomic E-state index is -0.974. The first kappa shape index (κ1) is 14.6. The molecule has 0 aromatic heterocycles. The Bertz CT molecular complexity index is 560. The molecule has 6 nitrogen and oxygen atoms in total. The number of hydrogen-bond donors (Lipinski definition) is 0. The van der Waals surface area contributed by atoms with Crippen molar-refractivity contribution < 1.29 is 23.9 Å². The summed E-state index contributed by atoms with van der Waals surface area (Å²) in [4.78, 5) is 26.4. The lowest BCUT2D eigenvalue weighted by molar-refractivity contribution is -0.139. The molecule has 0 radical (unpaired) electrons. The average molecular weight is 262 g/mol. The minimum Gasteiger partial charge on any atom is -0.496 e. The van der Waals surface area contributed by atoms with Crippen LogP contribution in [0.5, 0.6) is 5.75 Å². The smallest absolute Gasteiger partial charge is 0.446 e. The first-order chi connectivity index (χ1) is 9.04. The van der Waals surface area contributed by atoms with Gasteiger partial charge in [0.25, 0.3) is 5.78 Å². The molecule has 1 aromatic rings. The van der Waals surface area contributed by atoms with Crippen molar-refractivity contribution in [1.82, 2.24) is 0 Å². The third kappa shape index (κ3) is 3.26. The number of carbonyl (C=O) groups excluding carboxylic acids is 2. The van der Waals surface area contributed by atoms with Crippen LogP contribution < -0.4 is 4.74 Å². The molecule has 0 heterocycles. The Morgan fingerprint density at radius 2 is 2.05 bits per heavy atom. The van der Waals surface area contributed by atoms with Crippen molar-refractivity contribution in [3.05, 3.63) is 34.9 Å². The first-order valence-electron chi connectivity index (χ1n) is 5.63. The predicted molar refractivity (Wildman–Crippen MR) is 67.3 cm³/mol. The monoisotopic (exact) mass is 262 g/mol. The minimum absolute atomic E-state index is 0.0795. The first-order valence-corrected chi connectivity index (χ1v) is 5.63. The molecule has 0 aliphatic rings. The Labute approximate surface area is 110 Å². The van der Waals surface area contributed by atoms with E-state index in [2.05, 4.69) is 9.53 Å². The molecule has 1 rings (SSSR count). The summed E-state index contributed by atoms with van der Waals surface area (Å²) in [5.41, 5.74) is 9.09. The Hall–Kier alpha value is -2.46. The van der Waals surface area contributed by atoms with Gasteiger partial charge in [-0.05, 0) is 26.0 Å². The zero-order valence-corrected chi connectivity index (χ0v) is 11.0. The Balaban J connectivity index is 3.22. The van der Waals surface area contributed by atoms with Gasteiger partial charge in [-0.15, -0.1) is 0 Å². The largest absolute Gasteiger partial charge is 0.496 e. The van der Waals surface area contributed by atoms with E-state index in [0.717, 1.165) is 5.56 Å². The summed E-state index contributed by atoms with van der Waals surface area (Å²) in [7, 11) is 1.40. The van der Waals surface area contributed by atoms with Gasteiger partial charge in [0.15, 0.2) is 0 Å². The normalized spacial score (nSPS) is 9.42. The van der Waals surface area contributed by atoms with Gasteiger partial charge in [0.05, 0.1) is 19.3 Å². The fourth-order valence-corrected chi connectivity index (χ4v) is 1.51. The van der Waals surface area contributed by atoms with Gasteiger partial charge in [0, 0.05) is 0 Å². The summed E-state index contributed by atoms with van der Waals surface area (Å²) in [5, 5.41) is 0. The second-order valence-electron chi connectivity index (χ2n) is 3.70. The lowest BCUT2D eigenvalue weighted by Crippen LogP contribution is -2.28. The van der Waals surface area contributed by atoms with Gasteiger partial charge < -0.3 is 15.0 Å². The lowest BCUT2D eigenvalue weighted by atomic mass is 10.0. The van der Waals surface area contributed by atoms with Crippen LogP contribution in [-0.4, -0.2) is 36.0 Å². The van der Waals surface area contributed by atoms with Gasteiger partial charge in [-0.25, -0.2) is 4.79 Å². The molecule has 0 amide bonds. The molecule has 100 valence electrons. The number of nitrogens with zero attached hydrogens (tertiary/aromatic N) is 2. The van der Waals surface area contributed by atoms with Crippen LogP contribution in [0.15, 0.2) is 18.2 Å². The zero-order chi connectivity index (χ0) is 14.4. The van der Waals surface area contributed by atoms with Gasteiger partial charge in [-0.2, -0.15) is 4.79 Å². The van der Waals surface area contributed by atoms with Gasteiger partial charge in [0.1, 0.15) is 5.75 Å². The zero-order valence-electron chi connectivity index (χ0n) is 11.0. The highest BCUT2D eigenvalue weighted by Crippen LogP contribution is 2.20. The van der Waals surface area contributed by atoms with Gasteiger partial charge in [0.2, 0.25) is 0 Å². The molecule has 0 unspecified atom stereocenters. The molecular formula is C13H14N2O4. The van der Waals surface area contributed by atoms with Crippen LogP contribution in [0, 0.1) is 6.92 Å². The third-order valence-corrected chi connectivity index (χ3v) is 2.38. The maximum atomic E-state index is 12.2. The summed E-state index contributed by atoms with van der Waals surface area (Å²) < 4.78 is 9.70. The van der Waals surface area contributed by atoms with E-state index >= 15 is 0 Å². The van der Waals surface area contributed by atoms with E-state index in [1.54, 1.807) is 32.0 Å². The molecule has 0 saturated carbocycles. The molecular weight excluding hydrogens is 248 g/mol. The van der Waals surface area contributed by atoms with E-state index in [-0.39, 0.29) is 12.2 Å². The average Bonchev–Trinajstić information content (AvgIpc) is 2.39. The van der Waals surface area contributed by atoms with Gasteiger partial charge >= 0.3 is 11.7 Å². The Morgan fingerprint density at radius 1 is 1.37 bits per heavy atom. The van der Waals surface area contributed by atoms with Crippen molar-refractivity contribution >= 4 is 17.5 Å². The standard InChI is InChI=1S/C13H14N2O4/c1-4-19-13(17)11(15-14)12(16)9-7-8(2)5-6-10(9)18-3/h5-7H,4H2,1-3H3. The van der Waals surface area contributed by atoms with Crippen molar-refractivity contribution in [3.8, 4) is 5.75 Å². The number of esters is 1. The van der Waals surface area contributed by atoms with Gasteiger partial charge in [-0.1, -0.05) is 11.6 Å². The van der Waals surface area contributed by atoms with Crippen LogP contribution in [0.2, 0.25) is 0 Å². The second-order valence-corrected chi connectivity index (χ2v) is 3.70. The van der Waals surface area contributed by atoms with Crippen LogP contribution >= 0.6 is 0 Å². The van der Waals surface area contributed by atoms with E-state index in [1.807, 2.05) is 0 Å². The third-order valence-electron chi connectivity index (χ3n) is 2.38. The summed E-state index contributed by atoms with van der Waals surface area (Å²) >= 11 is 0. The number of methoxy groups -OCH3 is 1. The van der Waals surface area contributed by atoms with E-state index in [4.69, 9.17) is 10.3 Å². The van der Waals surface area contributed by atoms with Crippen LogP contribution in [0.4, 0.5) is 0 Å². The molecule has 6 heteroatoms. The maximum Gasteiger partial charge on any atom is 0.446 e. The summed E-state index contributed by atoms with van der Waals surface area (Å²) in [6.45, 7) is 3.46. The lowest BCUT2D eigenvalue weighted by Gasteiger charge is -2.06. The molecule has 0 aliphatic heterocycles. The van der Waals surface area contributed by atoms with Crippen molar-refractivity contribution in [2.24, 2.45) is 0 Å². The SMILES string of the molecule is CCOC(=O)C(=[N+]=[N-])C(=O)c1cc(C)ccc1OC. The Kier molecular flexibility index (Phi) is 4.97.